The third kappa shape index (κ3) is 4.02. The van der Waals surface area contributed by atoms with Crippen molar-refractivity contribution in [1.29, 1.82) is 0 Å². The van der Waals surface area contributed by atoms with E-state index in [1.54, 1.807) is 25.7 Å². The average molecular weight is 198 g/mol. The van der Waals surface area contributed by atoms with Gasteiger partial charge in [-0.05, 0) is 30.6 Å². The molecule has 0 aromatic rings. The first-order chi connectivity index (χ1) is 6.86. The Morgan fingerprint density at radius 3 is 1.43 bits per heavy atom. The third-order valence-electron chi connectivity index (χ3n) is 3.48. The van der Waals surface area contributed by atoms with Crippen LogP contribution in [0.15, 0.2) is 0 Å². The lowest BCUT2D eigenvalue weighted by Gasteiger charge is -2.24. The van der Waals surface area contributed by atoms with Gasteiger partial charge in [0.05, 0.1) is 0 Å². The molecule has 2 rings (SSSR count). The van der Waals surface area contributed by atoms with Crippen molar-refractivity contribution < 1.29 is 0 Å². The van der Waals surface area contributed by atoms with Crippen molar-refractivity contribution in [3.8, 4) is 0 Å². The van der Waals surface area contributed by atoms with Crippen molar-refractivity contribution in [3.05, 3.63) is 0 Å². The van der Waals surface area contributed by atoms with Gasteiger partial charge in [-0.2, -0.15) is 0 Å². The lowest BCUT2D eigenvalue weighted by Crippen LogP contribution is -2.12. The molecule has 2 atom stereocenters. The highest BCUT2D eigenvalue weighted by Gasteiger charge is 2.32. The maximum Gasteiger partial charge on any atom is -0.0383 e. The number of hydrogen-bond donors (Lipinski definition) is 0. The summed E-state index contributed by atoms with van der Waals surface area (Å²) in [5.41, 5.74) is 0. The zero-order chi connectivity index (χ0) is 11.0. The summed E-state index contributed by atoms with van der Waals surface area (Å²) < 4.78 is 0. The number of rotatable bonds is 0. The summed E-state index contributed by atoms with van der Waals surface area (Å²) in [7, 11) is 0. The second kappa shape index (κ2) is 8.32. The van der Waals surface area contributed by atoms with Crippen molar-refractivity contribution in [2.45, 2.75) is 73.1 Å². The third-order valence-corrected chi connectivity index (χ3v) is 3.48. The van der Waals surface area contributed by atoms with Gasteiger partial charge in [-0.3, -0.25) is 0 Å². The van der Waals surface area contributed by atoms with Gasteiger partial charge in [0.15, 0.2) is 0 Å². The molecule has 2 aliphatic rings. The first-order valence-electron chi connectivity index (χ1n) is 6.86. The maximum atomic E-state index is 2.43. The van der Waals surface area contributed by atoms with E-state index >= 15 is 0 Å². The zero-order valence-corrected chi connectivity index (χ0v) is 11.0. The quantitative estimate of drug-likeness (QED) is 0.497. The highest BCUT2D eigenvalue weighted by Crippen LogP contribution is 2.44. The van der Waals surface area contributed by atoms with E-state index < -0.39 is 0 Å². The van der Waals surface area contributed by atoms with Crippen molar-refractivity contribution in [2.75, 3.05) is 0 Å². The van der Waals surface area contributed by atoms with Crippen LogP contribution in [0.2, 0.25) is 0 Å². The SMILES string of the molecule is CC.CC.CC1CC2CCCCC2C1. The second-order valence-corrected chi connectivity index (χ2v) is 4.38. The summed E-state index contributed by atoms with van der Waals surface area (Å²) >= 11 is 0. The first-order valence-corrected chi connectivity index (χ1v) is 6.86. The highest BCUT2D eigenvalue weighted by molar-refractivity contribution is 4.84. The zero-order valence-electron chi connectivity index (χ0n) is 11.0. The van der Waals surface area contributed by atoms with E-state index in [1.165, 1.54) is 12.8 Å². The summed E-state index contributed by atoms with van der Waals surface area (Å²) in [6.45, 7) is 10.4. The summed E-state index contributed by atoms with van der Waals surface area (Å²) in [6, 6.07) is 0. The molecule has 0 heterocycles. The van der Waals surface area contributed by atoms with Gasteiger partial charge in [0.25, 0.3) is 0 Å². The number of hydrogen-bond acceptors (Lipinski definition) is 0. The van der Waals surface area contributed by atoms with Gasteiger partial charge in [-0.1, -0.05) is 60.3 Å². The van der Waals surface area contributed by atoms with Gasteiger partial charge in [-0.15, -0.1) is 0 Å². The average Bonchev–Trinajstić information content (AvgIpc) is 2.64. The largest absolute Gasteiger partial charge is 0.0683 e. The van der Waals surface area contributed by atoms with Crippen LogP contribution in [0.1, 0.15) is 73.1 Å². The molecule has 0 amide bonds. The molecular weight excluding hydrogens is 168 g/mol. The minimum atomic E-state index is 1.05. The molecule has 0 aliphatic heterocycles. The normalized spacial score (nSPS) is 34.5. The molecule has 0 aromatic carbocycles. The topological polar surface area (TPSA) is 0 Å². The van der Waals surface area contributed by atoms with Gasteiger partial charge in [-0.25, -0.2) is 0 Å². The van der Waals surface area contributed by atoms with E-state index in [0.29, 0.717) is 0 Å². The molecule has 0 N–H and O–H groups in total. The maximum absolute atomic E-state index is 2.43. The second-order valence-electron chi connectivity index (χ2n) is 4.38. The monoisotopic (exact) mass is 198 g/mol. The lowest BCUT2D eigenvalue weighted by atomic mass is 9.82. The highest BCUT2D eigenvalue weighted by atomic mass is 14.4. The van der Waals surface area contributed by atoms with Gasteiger partial charge in [0.2, 0.25) is 0 Å². The Morgan fingerprint density at radius 1 is 0.714 bits per heavy atom. The van der Waals surface area contributed by atoms with Crippen LogP contribution in [0.4, 0.5) is 0 Å². The molecule has 0 bridgehead atoms. The van der Waals surface area contributed by atoms with Crippen molar-refractivity contribution in [2.24, 2.45) is 17.8 Å². The molecule has 0 saturated heterocycles. The van der Waals surface area contributed by atoms with E-state index in [0.717, 1.165) is 17.8 Å². The lowest BCUT2D eigenvalue weighted by molar-refractivity contribution is 0.277. The van der Waals surface area contributed by atoms with E-state index in [2.05, 4.69) is 6.92 Å². The molecule has 0 heteroatoms. The smallest absolute Gasteiger partial charge is 0.0383 e. The van der Waals surface area contributed by atoms with Crippen molar-refractivity contribution in [1.82, 2.24) is 0 Å². The molecule has 2 fully saturated rings. The standard InChI is InChI=1S/C10H18.2C2H6/c1-8-6-9-4-2-3-5-10(9)7-8;2*1-2/h8-10H,2-7H2,1H3;2*1-2H3. The van der Waals surface area contributed by atoms with Crippen LogP contribution in [-0.4, -0.2) is 0 Å². The first kappa shape index (κ1) is 14.0. The Labute approximate surface area is 91.5 Å². The van der Waals surface area contributed by atoms with Crippen LogP contribution < -0.4 is 0 Å². The fourth-order valence-electron chi connectivity index (χ4n) is 3.03. The molecular formula is C14H30. The molecule has 2 aliphatic carbocycles. The Kier molecular flexibility index (Phi) is 8.32. The molecule has 14 heavy (non-hydrogen) atoms. The molecule has 2 unspecified atom stereocenters. The predicted octanol–water partition coefficient (Wildman–Crippen LogP) is 5.28. The van der Waals surface area contributed by atoms with E-state index in [4.69, 9.17) is 0 Å². The van der Waals surface area contributed by atoms with Crippen LogP contribution in [0, 0.1) is 17.8 Å². The minimum Gasteiger partial charge on any atom is -0.0683 e. The van der Waals surface area contributed by atoms with E-state index in [-0.39, 0.29) is 0 Å². The molecule has 86 valence electrons. The van der Waals surface area contributed by atoms with Crippen LogP contribution in [0.3, 0.4) is 0 Å². The van der Waals surface area contributed by atoms with Gasteiger partial charge in [0, 0.05) is 0 Å². The Hall–Kier alpha value is 0. The van der Waals surface area contributed by atoms with E-state index in [1.807, 2.05) is 27.7 Å². The molecule has 0 spiro atoms. The summed E-state index contributed by atoms with van der Waals surface area (Å²) in [5, 5.41) is 0. The van der Waals surface area contributed by atoms with Crippen molar-refractivity contribution in [3.63, 3.8) is 0 Å². The Bertz CT molecular complexity index is 103. The Balaban J connectivity index is 0.000000379. The summed E-state index contributed by atoms with van der Waals surface area (Å²) in [5.74, 6) is 3.33. The van der Waals surface area contributed by atoms with Gasteiger partial charge >= 0.3 is 0 Å². The predicted molar refractivity (Wildman–Crippen MR) is 66.5 cm³/mol. The number of fused-ring (bicyclic) bond motifs is 1. The molecule has 2 saturated carbocycles. The molecule has 0 nitrogen and oxygen atoms in total. The van der Waals surface area contributed by atoms with E-state index in [9.17, 15) is 0 Å². The summed E-state index contributed by atoms with van der Waals surface area (Å²) in [4.78, 5) is 0. The fraction of sp³-hybridized carbons (Fsp3) is 1.00. The minimum absolute atomic E-state index is 1.05. The van der Waals surface area contributed by atoms with Gasteiger partial charge < -0.3 is 0 Å². The molecule has 0 radical (unpaired) electrons. The van der Waals surface area contributed by atoms with Crippen LogP contribution in [0.25, 0.3) is 0 Å². The van der Waals surface area contributed by atoms with Crippen molar-refractivity contribution >= 4 is 0 Å². The Morgan fingerprint density at radius 2 is 1.07 bits per heavy atom. The summed E-state index contributed by atoms with van der Waals surface area (Å²) in [6.07, 6.45) is 9.24. The van der Waals surface area contributed by atoms with Crippen LogP contribution in [0.5, 0.6) is 0 Å². The molecule has 0 aromatic heterocycles. The van der Waals surface area contributed by atoms with Crippen LogP contribution >= 0.6 is 0 Å². The van der Waals surface area contributed by atoms with Gasteiger partial charge in [0.1, 0.15) is 0 Å². The fourth-order valence-corrected chi connectivity index (χ4v) is 3.03. The van der Waals surface area contributed by atoms with Crippen LogP contribution in [-0.2, 0) is 0 Å².